The van der Waals surface area contributed by atoms with Crippen molar-refractivity contribution < 1.29 is 0 Å². The van der Waals surface area contributed by atoms with Gasteiger partial charge in [-0.05, 0) is 48.2 Å². The van der Waals surface area contributed by atoms with Gasteiger partial charge in [0.1, 0.15) is 0 Å². The van der Waals surface area contributed by atoms with Gasteiger partial charge in [-0.15, -0.1) is 11.8 Å². The van der Waals surface area contributed by atoms with Gasteiger partial charge >= 0.3 is 0 Å². The Labute approximate surface area is 154 Å². The SMILES string of the molecule is CSC(=Nc1ccc(SCc2ccc(Cl)c(Cl)c2)cc1)NC#N. The van der Waals surface area contributed by atoms with Crippen LogP contribution < -0.4 is 5.32 Å². The van der Waals surface area contributed by atoms with E-state index in [2.05, 4.69) is 10.3 Å². The Balaban J connectivity index is 2.00. The van der Waals surface area contributed by atoms with Crippen molar-refractivity contribution >= 4 is 57.6 Å². The lowest BCUT2D eigenvalue weighted by Crippen LogP contribution is -2.12. The van der Waals surface area contributed by atoms with E-state index >= 15 is 0 Å². The highest BCUT2D eigenvalue weighted by atomic mass is 35.5. The molecule has 0 aromatic heterocycles. The fourth-order valence-electron chi connectivity index (χ4n) is 1.70. The lowest BCUT2D eigenvalue weighted by molar-refractivity contribution is 1.27. The monoisotopic (exact) mass is 381 g/mol. The molecule has 0 aliphatic carbocycles. The highest BCUT2D eigenvalue weighted by Gasteiger charge is 2.02. The Hall–Kier alpha value is -1.32. The smallest absolute Gasteiger partial charge is 0.183 e. The van der Waals surface area contributed by atoms with Crippen molar-refractivity contribution in [3.8, 4) is 6.19 Å². The van der Waals surface area contributed by atoms with Crippen molar-refractivity contribution in [2.24, 2.45) is 4.99 Å². The Kier molecular flexibility index (Phi) is 7.13. The van der Waals surface area contributed by atoms with Crippen LogP contribution in [-0.4, -0.2) is 11.4 Å². The Morgan fingerprint density at radius 1 is 1.17 bits per heavy atom. The molecule has 3 nitrogen and oxygen atoms in total. The van der Waals surface area contributed by atoms with Gasteiger partial charge < -0.3 is 0 Å². The summed E-state index contributed by atoms with van der Waals surface area (Å²) in [7, 11) is 0. The summed E-state index contributed by atoms with van der Waals surface area (Å²) in [4.78, 5) is 5.49. The number of amidine groups is 1. The summed E-state index contributed by atoms with van der Waals surface area (Å²) in [5, 5.41) is 12.9. The standard InChI is InChI=1S/C16H13Cl2N3S2/c1-22-16(20-10-19)21-12-3-5-13(6-4-12)23-9-11-2-7-14(17)15(18)8-11/h2-8H,9H2,1H3,(H,20,21). The molecule has 7 heteroatoms. The van der Waals surface area contributed by atoms with E-state index < -0.39 is 0 Å². The first-order valence-electron chi connectivity index (χ1n) is 6.57. The third-order valence-corrected chi connectivity index (χ3v) is 5.22. The number of hydrogen-bond donors (Lipinski definition) is 1. The van der Waals surface area contributed by atoms with Crippen LogP contribution in [0.1, 0.15) is 5.56 Å². The molecule has 0 bridgehead atoms. The number of halogens is 2. The van der Waals surface area contributed by atoms with Crippen LogP contribution in [0.3, 0.4) is 0 Å². The molecule has 2 aromatic carbocycles. The first-order valence-corrected chi connectivity index (χ1v) is 9.53. The third-order valence-electron chi connectivity index (χ3n) is 2.81. The summed E-state index contributed by atoms with van der Waals surface area (Å²) in [6.07, 6.45) is 3.74. The van der Waals surface area contributed by atoms with Gasteiger partial charge in [0.2, 0.25) is 0 Å². The van der Waals surface area contributed by atoms with Gasteiger partial charge in [-0.3, -0.25) is 5.32 Å². The normalized spacial score (nSPS) is 11.1. The predicted molar refractivity (Wildman–Crippen MR) is 102 cm³/mol. The average molecular weight is 382 g/mol. The summed E-state index contributed by atoms with van der Waals surface area (Å²) in [6, 6.07) is 13.5. The van der Waals surface area contributed by atoms with Crippen LogP contribution >= 0.6 is 46.7 Å². The molecule has 0 spiro atoms. The maximum atomic E-state index is 8.63. The number of hydrogen-bond acceptors (Lipinski definition) is 4. The number of aliphatic imine (C=N–C) groups is 1. The van der Waals surface area contributed by atoms with Gasteiger partial charge in [0.15, 0.2) is 11.4 Å². The van der Waals surface area contributed by atoms with Crippen molar-refractivity contribution in [3.63, 3.8) is 0 Å². The van der Waals surface area contributed by atoms with E-state index in [-0.39, 0.29) is 0 Å². The molecule has 0 saturated carbocycles. The van der Waals surface area contributed by atoms with Gasteiger partial charge in [0, 0.05) is 10.6 Å². The maximum Gasteiger partial charge on any atom is 0.183 e. The van der Waals surface area contributed by atoms with Crippen LogP contribution in [-0.2, 0) is 5.75 Å². The van der Waals surface area contributed by atoms with Crippen molar-refractivity contribution in [2.75, 3.05) is 6.26 Å². The Morgan fingerprint density at radius 3 is 2.52 bits per heavy atom. The van der Waals surface area contributed by atoms with E-state index in [0.717, 1.165) is 21.9 Å². The minimum Gasteiger partial charge on any atom is -0.271 e. The molecule has 0 amide bonds. The fourth-order valence-corrected chi connectivity index (χ4v) is 3.21. The highest BCUT2D eigenvalue weighted by molar-refractivity contribution is 8.13. The molecule has 0 atom stereocenters. The number of nitrogens with zero attached hydrogens (tertiary/aromatic N) is 2. The topological polar surface area (TPSA) is 48.2 Å². The van der Waals surface area contributed by atoms with E-state index in [9.17, 15) is 0 Å². The van der Waals surface area contributed by atoms with Gasteiger partial charge in [-0.25, -0.2) is 4.99 Å². The number of rotatable bonds is 4. The zero-order valence-electron chi connectivity index (χ0n) is 12.2. The highest BCUT2D eigenvalue weighted by Crippen LogP contribution is 2.28. The summed E-state index contributed by atoms with van der Waals surface area (Å²) in [6.45, 7) is 0. The molecular weight excluding hydrogens is 369 g/mol. The number of thioether (sulfide) groups is 2. The van der Waals surface area contributed by atoms with Crippen LogP contribution in [0.15, 0.2) is 52.4 Å². The molecule has 0 unspecified atom stereocenters. The third kappa shape index (κ3) is 5.67. The molecule has 0 saturated heterocycles. The van der Waals surface area contributed by atoms with Crippen LogP contribution in [0.2, 0.25) is 10.0 Å². The number of nitriles is 1. The van der Waals surface area contributed by atoms with Crippen molar-refractivity contribution in [2.45, 2.75) is 10.6 Å². The van der Waals surface area contributed by atoms with E-state index in [1.165, 1.54) is 11.8 Å². The quantitative estimate of drug-likeness (QED) is 0.242. The summed E-state index contributed by atoms with van der Waals surface area (Å²) < 4.78 is 0. The van der Waals surface area contributed by atoms with Crippen molar-refractivity contribution in [1.29, 1.82) is 5.26 Å². The molecule has 118 valence electrons. The summed E-state index contributed by atoms with van der Waals surface area (Å²) in [5.74, 6) is 0.811. The number of benzene rings is 2. The van der Waals surface area contributed by atoms with Crippen LogP contribution in [0, 0.1) is 11.5 Å². The molecule has 0 aliphatic heterocycles. The number of nitrogens with one attached hydrogen (secondary N) is 1. The second-order valence-electron chi connectivity index (χ2n) is 4.39. The first kappa shape index (κ1) is 18.0. The van der Waals surface area contributed by atoms with Crippen LogP contribution in [0.4, 0.5) is 5.69 Å². The Bertz CT molecular complexity index is 740. The summed E-state index contributed by atoms with van der Waals surface area (Å²) >= 11 is 15.0. The van der Waals surface area contributed by atoms with Crippen molar-refractivity contribution in [3.05, 3.63) is 58.1 Å². The largest absolute Gasteiger partial charge is 0.271 e. The zero-order chi connectivity index (χ0) is 16.7. The average Bonchev–Trinajstić information content (AvgIpc) is 2.56. The predicted octanol–water partition coefficient (Wildman–Crippen LogP) is 5.71. The van der Waals surface area contributed by atoms with E-state index in [1.807, 2.05) is 54.9 Å². The van der Waals surface area contributed by atoms with Crippen molar-refractivity contribution in [1.82, 2.24) is 5.32 Å². The second kappa shape index (κ2) is 9.09. The van der Waals surface area contributed by atoms with Gasteiger partial charge in [0.05, 0.1) is 15.7 Å². The van der Waals surface area contributed by atoms with Crippen LogP contribution in [0.25, 0.3) is 0 Å². The molecule has 0 heterocycles. The molecular formula is C16H13Cl2N3S2. The fraction of sp³-hybridized carbons (Fsp3) is 0.125. The minimum atomic E-state index is 0.568. The van der Waals surface area contributed by atoms with Crippen LogP contribution in [0.5, 0.6) is 0 Å². The van der Waals surface area contributed by atoms with E-state index in [4.69, 9.17) is 28.5 Å². The molecule has 23 heavy (non-hydrogen) atoms. The lowest BCUT2D eigenvalue weighted by Gasteiger charge is -2.05. The lowest BCUT2D eigenvalue weighted by atomic mass is 10.2. The Morgan fingerprint density at radius 2 is 1.91 bits per heavy atom. The molecule has 1 N–H and O–H groups in total. The second-order valence-corrected chi connectivity index (χ2v) is 7.05. The molecule has 0 fully saturated rings. The first-order chi connectivity index (χ1) is 11.1. The van der Waals surface area contributed by atoms with Gasteiger partial charge in [0.25, 0.3) is 0 Å². The van der Waals surface area contributed by atoms with E-state index in [1.54, 1.807) is 11.8 Å². The van der Waals surface area contributed by atoms with Gasteiger partial charge in [-0.2, -0.15) is 5.26 Å². The molecule has 2 rings (SSSR count). The molecule has 0 radical (unpaired) electrons. The summed E-state index contributed by atoms with van der Waals surface area (Å²) in [5.41, 5.74) is 1.92. The molecule has 0 aliphatic rings. The maximum absolute atomic E-state index is 8.63. The van der Waals surface area contributed by atoms with Gasteiger partial charge in [-0.1, -0.05) is 41.0 Å². The van der Waals surface area contributed by atoms with E-state index in [0.29, 0.717) is 15.2 Å². The molecule has 2 aromatic rings. The minimum absolute atomic E-state index is 0.568. The zero-order valence-corrected chi connectivity index (χ0v) is 15.4.